The van der Waals surface area contributed by atoms with E-state index in [1.807, 2.05) is 18.2 Å². The molecule has 3 aliphatic heterocycles. The minimum absolute atomic E-state index is 0.0133. The van der Waals surface area contributed by atoms with Gasteiger partial charge in [-0.15, -0.1) is 0 Å². The average molecular weight is 700 g/mol. The van der Waals surface area contributed by atoms with Crippen molar-refractivity contribution in [1.29, 1.82) is 0 Å². The fourth-order valence-corrected chi connectivity index (χ4v) is 8.91. The number of morpholine rings is 1. The number of carbonyl (C=O) groups excluding carboxylic acids is 2. The topological polar surface area (TPSA) is 125 Å². The summed E-state index contributed by atoms with van der Waals surface area (Å²) in [5.74, 6) is -1.04. The number of hydrogen-bond donors (Lipinski definition) is 2. The van der Waals surface area contributed by atoms with Crippen molar-refractivity contribution in [2.24, 2.45) is 17.8 Å². The molecule has 48 heavy (non-hydrogen) atoms. The zero-order chi connectivity index (χ0) is 34.2. The van der Waals surface area contributed by atoms with E-state index in [1.165, 1.54) is 0 Å². The fourth-order valence-electron chi connectivity index (χ4n) is 7.43. The summed E-state index contributed by atoms with van der Waals surface area (Å²) in [5.41, 5.74) is 1.47. The number of aliphatic hydroxyl groups is 1. The number of aryl methyl sites for hydroxylation is 1. The summed E-state index contributed by atoms with van der Waals surface area (Å²) < 4.78 is 41.6. The van der Waals surface area contributed by atoms with E-state index in [0.29, 0.717) is 62.1 Å². The molecule has 3 heterocycles. The summed E-state index contributed by atoms with van der Waals surface area (Å²) in [4.78, 5) is 30.7. The summed E-state index contributed by atoms with van der Waals surface area (Å²) in [6.07, 6.45) is 6.82. The van der Waals surface area contributed by atoms with Gasteiger partial charge in [0.1, 0.15) is 18.0 Å². The number of likely N-dealkylation sites (N-methyl/N-ethyl adjacent to an activating group) is 1. The van der Waals surface area contributed by atoms with Crippen molar-refractivity contribution in [2.45, 2.75) is 75.9 Å². The van der Waals surface area contributed by atoms with Crippen molar-refractivity contribution in [3.05, 3.63) is 70.3 Å². The van der Waals surface area contributed by atoms with Crippen molar-refractivity contribution in [3.63, 3.8) is 0 Å². The highest BCUT2D eigenvalue weighted by atomic mass is 35.5. The molecular weight excluding hydrogens is 654 g/mol. The maximum atomic E-state index is 13.5. The van der Waals surface area contributed by atoms with Gasteiger partial charge in [0.05, 0.1) is 17.5 Å². The van der Waals surface area contributed by atoms with Crippen LogP contribution in [-0.2, 0) is 32.6 Å². The second-order valence-corrected chi connectivity index (χ2v) is 16.4. The quantitative estimate of drug-likeness (QED) is 0.410. The standard InChI is InChI=1S/C36H46ClN3O7S/c1-23-7-6-15-36(43,33-35(42)39(3)17-18-46-33)30-13-10-27(30)21-40-16-5-4-8-25-19-29(37)12-9-28(25)22-47-32-14-11-26(20-31(32)40)34(41)38-48(44,45)24(23)2/h6,9,11-12,14-15,19-20,23-24,27,30,33,43H,4-5,7-8,10,13,16-18,21-22H2,1-3H3,(H,38,41)/b15-6+/t23-,24+,27-,30+,33-,36-/m0/s1. The van der Waals surface area contributed by atoms with E-state index in [4.69, 9.17) is 21.1 Å². The van der Waals surface area contributed by atoms with Crippen molar-refractivity contribution in [1.82, 2.24) is 9.62 Å². The SMILES string of the molecule is C[C@@H]1[C@@H](C)C/C=C/[C@@](O)([C@H]2OCCN(C)C2=O)[C@@H]2CC[C@H]2CN2CCCCc3cc(Cl)ccc3COc3ccc(cc32)C(=O)NS1(=O)=O. The number of anilines is 1. The van der Waals surface area contributed by atoms with Gasteiger partial charge in [-0.2, -0.15) is 0 Å². The molecule has 0 spiro atoms. The molecule has 0 radical (unpaired) electrons. The summed E-state index contributed by atoms with van der Waals surface area (Å²) in [6, 6.07) is 10.9. The molecule has 1 aliphatic carbocycles. The lowest BCUT2D eigenvalue weighted by Crippen LogP contribution is -2.63. The van der Waals surface area contributed by atoms with E-state index < -0.39 is 32.9 Å². The minimum Gasteiger partial charge on any atom is -0.487 e. The highest BCUT2D eigenvalue weighted by Gasteiger charge is 2.54. The van der Waals surface area contributed by atoms with Gasteiger partial charge in [-0.25, -0.2) is 13.1 Å². The van der Waals surface area contributed by atoms with Crippen LogP contribution < -0.4 is 14.4 Å². The molecular formula is C36H46ClN3O7S. The Hall–Kier alpha value is -3.12. The van der Waals surface area contributed by atoms with Gasteiger partial charge in [-0.05, 0) is 105 Å². The largest absolute Gasteiger partial charge is 0.487 e. The number of sulfonamides is 1. The van der Waals surface area contributed by atoms with E-state index in [2.05, 4.69) is 9.62 Å². The summed E-state index contributed by atoms with van der Waals surface area (Å²) in [7, 11) is -2.33. The number of ether oxygens (including phenoxy) is 2. The number of nitrogens with one attached hydrogen (secondary N) is 1. The summed E-state index contributed by atoms with van der Waals surface area (Å²) >= 11 is 6.34. The maximum absolute atomic E-state index is 13.5. The molecule has 1 saturated carbocycles. The van der Waals surface area contributed by atoms with Crippen LogP contribution in [0.25, 0.3) is 0 Å². The minimum atomic E-state index is -4.05. The first-order valence-electron chi connectivity index (χ1n) is 17.0. The Labute approximate surface area is 288 Å². The summed E-state index contributed by atoms with van der Waals surface area (Å²) in [5, 5.41) is 12.3. The average Bonchev–Trinajstić information content (AvgIpc) is 3.06. The molecule has 2 aromatic rings. The van der Waals surface area contributed by atoms with E-state index in [0.717, 1.165) is 36.8 Å². The van der Waals surface area contributed by atoms with Gasteiger partial charge in [0.2, 0.25) is 10.0 Å². The highest BCUT2D eigenvalue weighted by Crippen LogP contribution is 2.47. The molecule has 260 valence electrons. The van der Waals surface area contributed by atoms with Crippen LogP contribution in [0.5, 0.6) is 5.75 Å². The third-order valence-corrected chi connectivity index (χ3v) is 13.0. The zero-order valence-corrected chi connectivity index (χ0v) is 29.4. The van der Waals surface area contributed by atoms with Gasteiger partial charge >= 0.3 is 0 Å². The number of hydrogen-bond acceptors (Lipinski definition) is 8. The van der Waals surface area contributed by atoms with Crippen LogP contribution in [0, 0.1) is 17.8 Å². The van der Waals surface area contributed by atoms with Gasteiger partial charge in [-0.3, -0.25) is 9.59 Å². The molecule has 0 aromatic heterocycles. The predicted molar refractivity (Wildman–Crippen MR) is 185 cm³/mol. The predicted octanol–water partition coefficient (Wildman–Crippen LogP) is 4.72. The number of halogens is 1. The van der Waals surface area contributed by atoms with Gasteiger partial charge in [-0.1, -0.05) is 36.7 Å². The number of rotatable bonds is 1. The lowest BCUT2D eigenvalue weighted by atomic mass is 9.62. The number of fused-ring (bicyclic) bond motifs is 3. The first-order valence-corrected chi connectivity index (χ1v) is 18.9. The van der Waals surface area contributed by atoms with Crippen LogP contribution in [0.4, 0.5) is 5.69 Å². The van der Waals surface area contributed by atoms with Crippen LogP contribution in [0.15, 0.2) is 48.6 Å². The molecule has 4 aliphatic rings. The molecule has 10 nitrogen and oxygen atoms in total. The molecule has 2 amide bonds. The molecule has 0 unspecified atom stereocenters. The number of benzene rings is 2. The second-order valence-electron chi connectivity index (χ2n) is 13.9. The van der Waals surface area contributed by atoms with Crippen LogP contribution in [-0.4, -0.2) is 80.5 Å². The zero-order valence-electron chi connectivity index (χ0n) is 27.9. The molecule has 1 saturated heterocycles. The monoisotopic (exact) mass is 699 g/mol. The molecule has 6 atom stereocenters. The van der Waals surface area contributed by atoms with Gasteiger partial charge in [0, 0.05) is 37.3 Å². The lowest BCUT2D eigenvalue weighted by Gasteiger charge is -2.51. The Morgan fingerprint density at radius 3 is 2.62 bits per heavy atom. The number of amides is 2. The third-order valence-electron chi connectivity index (χ3n) is 10.9. The fraction of sp³-hybridized carbons (Fsp3) is 0.556. The number of carbonyl (C=O) groups is 2. The Morgan fingerprint density at radius 2 is 1.85 bits per heavy atom. The van der Waals surface area contributed by atoms with Crippen LogP contribution in [0.1, 0.15) is 67.4 Å². The smallest absolute Gasteiger partial charge is 0.264 e. The number of nitrogens with zero attached hydrogens (tertiary/aromatic N) is 2. The number of allylic oxidation sites excluding steroid dienone is 1. The molecule has 2 bridgehead atoms. The normalized spacial score (nSPS) is 32.0. The van der Waals surface area contributed by atoms with Crippen molar-refractivity contribution in [2.75, 3.05) is 38.2 Å². The third kappa shape index (κ3) is 6.97. The highest BCUT2D eigenvalue weighted by molar-refractivity contribution is 7.90. The van der Waals surface area contributed by atoms with Gasteiger partial charge in [0.25, 0.3) is 11.8 Å². The van der Waals surface area contributed by atoms with Gasteiger partial charge < -0.3 is 24.4 Å². The first-order chi connectivity index (χ1) is 22.9. The molecule has 2 fully saturated rings. The molecule has 12 heteroatoms. The lowest BCUT2D eigenvalue weighted by molar-refractivity contribution is -0.185. The van der Waals surface area contributed by atoms with Gasteiger partial charge in [0.15, 0.2) is 6.10 Å². The van der Waals surface area contributed by atoms with E-state index in [1.54, 1.807) is 56.1 Å². The van der Waals surface area contributed by atoms with E-state index >= 15 is 0 Å². The van der Waals surface area contributed by atoms with Crippen LogP contribution >= 0.6 is 11.6 Å². The summed E-state index contributed by atoms with van der Waals surface area (Å²) in [6.45, 7) is 5.62. The Kier molecular flexibility index (Phi) is 10.1. The van der Waals surface area contributed by atoms with Crippen molar-refractivity contribution >= 4 is 39.1 Å². The maximum Gasteiger partial charge on any atom is 0.264 e. The van der Waals surface area contributed by atoms with Crippen molar-refractivity contribution in [3.8, 4) is 5.75 Å². The first kappa shape index (κ1) is 34.7. The van der Waals surface area contributed by atoms with E-state index in [-0.39, 0.29) is 29.2 Å². The van der Waals surface area contributed by atoms with Crippen LogP contribution in [0.2, 0.25) is 5.02 Å². The second kappa shape index (κ2) is 14.0. The van der Waals surface area contributed by atoms with Crippen molar-refractivity contribution < 1.29 is 32.6 Å². The Bertz CT molecular complexity index is 1680. The molecule has 2 N–H and O–H groups in total. The Balaban J connectivity index is 1.42. The molecule has 6 rings (SSSR count). The Morgan fingerprint density at radius 1 is 1.04 bits per heavy atom. The molecule has 2 aromatic carbocycles. The van der Waals surface area contributed by atoms with Crippen LogP contribution in [0.3, 0.4) is 0 Å². The van der Waals surface area contributed by atoms with E-state index in [9.17, 15) is 23.1 Å².